The van der Waals surface area contributed by atoms with Crippen LogP contribution in [0.15, 0.2) is 18.2 Å². The predicted octanol–water partition coefficient (Wildman–Crippen LogP) is 2.86. The second-order valence-electron chi connectivity index (χ2n) is 4.42. The molecule has 0 aliphatic carbocycles. The van der Waals surface area contributed by atoms with Crippen molar-refractivity contribution in [2.24, 2.45) is 5.92 Å². The van der Waals surface area contributed by atoms with Crippen LogP contribution in [0, 0.1) is 23.1 Å². The third-order valence-corrected chi connectivity index (χ3v) is 2.88. The van der Waals surface area contributed by atoms with Crippen molar-refractivity contribution in [3.63, 3.8) is 0 Å². The first-order chi connectivity index (χ1) is 8.51. The van der Waals surface area contributed by atoms with E-state index in [2.05, 4.69) is 6.07 Å². The summed E-state index contributed by atoms with van der Waals surface area (Å²) in [5.41, 5.74) is 0.957. The van der Waals surface area contributed by atoms with Crippen molar-refractivity contribution in [1.82, 2.24) is 0 Å². The highest BCUT2D eigenvalue weighted by molar-refractivity contribution is 5.55. The molecule has 0 bridgehead atoms. The van der Waals surface area contributed by atoms with Gasteiger partial charge in [0, 0.05) is 18.7 Å². The van der Waals surface area contributed by atoms with E-state index in [0.717, 1.165) is 0 Å². The Labute approximate surface area is 107 Å². The number of para-hydroxylation sites is 1. The molecule has 0 heterocycles. The number of benzene rings is 1. The van der Waals surface area contributed by atoms with Crippen LogP contribution in [0.5, 0.6) is 0 Å². The third kappa shape index (κ3) is 3.21. The molecule has 0 aliphatic rings. The Bertz CT molecular complexity index is 440. The largest absolute Gasteiger partial charge is 0.389 e. The average molecular weight is 250 g/mol. The first-order valence-corrected chi connectivity index (χ1v) is 6.12. The summed E-state index contributed by atoms with van der Waals surface area (Å²) in [5.74, 6) is -0.549. The monoisotopic (exact) mass is 250 g/mol. The number of nitriles is 1. The van der Waals surface area contributed by atoms with Crippen molar-refractivity contribution in [2.75, 3.05) is 18.0 Å². The zero-order valence-electron chi connectivity index (χ0n) is 11.0. The van der Waals surface area contributed by atoms with E-state index in [0.29, 0.717) is 24.3 Å². The fourth-order valence-corrected chi connectivity index (χ4v) is 1.95. The van der Waals surface area contributed by atoms with E-state index in [1.807, 2.05) is 6.92 Å². The van der Waals surface area contributed by atoms with Gasteiger partial charge >= 0.3 is 0 Å². The number of aliphatic hydroxyl groups is 1. The minimum absolute atomic E-state index is 0.189. The third-order valence-electron chi connectivity index (χ3n) is 2.88. The Kier molecular flexibility index (Phi) is 5.11. The molecule has 4 heteroatoms. The number of anilines is 1. The summed E-state index contributed by atoms with van der Waals surface area (Å²) in [7, 11) is 0. The standard InChI is InChI=1S/C14H19FN2O/c1-4-17(9-10(2)8-16)14-12(11(3)18)6-5-7-13(14)15/h5-7,10-11,18H,4,9H2,1-3H3/t10?,11-/m1/s1. The van der Waals surface area contributed by atoms with Gasteiger partial charge in [0.2, 0.25) is 0 Å². The Hall–Kier alpha value is -1.60. The maximum atomic E-state index is 14.0. The van der Waals surface area contributed by atoms with Gasteiger partial charge in [-0.25, -0.2) is 4.39 Å². The molecule has 1 rings (SSSR count). The van der Waals surface area contributed by atoms with Gasteiger partial charge in [-0.05, 0) is 26.8 Å². The van der Waals surface area contributed by atoms with E-state index in [1.54, 1.807) is 30.9 Å². The second-order valence-corrected chi connectivity index (χ2v) is 4.42. The summed E-state index contributed by atoms with van der Waals surface area (Å²) < 4.78 is 14.0. The first-order valence-electron chi connectivity index (χ1n) is 6.12. The van der Waals surface area contributed by atoms with Crippen molar-refractivity contribution in [3.8, 4) is 6.07 Å². The van der Waals surface area contributed by atoms with Gasteiger partial charge in [0.05, 0.1) is 23.8 Å². The van der Waals surface area contributed by atoms with Gasteiger partial charge in [0.25, 0.3) is 0 Å². The summed E-state index contributed by atoms with van der Waals surface area (Å²) in [4.78, 5) is 1.80. The van der Waals surface area contributed by atoms with Crippen LogP contribution in [0.2, 0.25) is 0 Å². The molecular weight excluding hydrogens is 231 g/mol. The molecule has 0 aromatic heterocycles. The molecule has 2 atom stereocenters. The van der Waals surface area contributed by atoms with Crippen LogP contribution in [0.1, 0.15) is 32.4 Å². The number of hydrogen-bond acceptors (Lipinski definition) is 3. The van der Waals surface area contributed by atoms with E-state index in [1.165, 1.54) is 6.07 Å². The van der Waals surface area contributed by atoms with Gasteiger partial charge in [-0.1, -0.05) is 12.1 Å². The molecule has 0 fully saturated rings. The molecule has 0 saturated carbocycles. The molecule has 0 radical (unpaired) electrons. The lowest BCUT2D eigenvalue weighted by atomic mass is 10.1. The van der Waals surface area contributed by atoms with Crippen molar-refractivity contribution >= 4 is 5.69 Å². The minimum atomic E-state index is -0.734. The zero-order valence-corrected chi connectivity index (χ0v) is 11.0. The molecule has 1 N–H and O–H groups in total. The Morgan fingerprint density at radius 3 is 2.61 bits per heavy atom. The molecule has 1 aromatic carbocycles. The predicted molar refractivity (Wildman–Crippen MR) is 69.7 cm³/mol. The summed E-state index contributed by atoms with van der Waals surface area (Å²) in [6.07, 6.45) is -0.734. The van der Waals surface area contributed by atoms with Crippen LogP contribution < -0.4 is 4.90 Å². The maximum absolute atomic E-state index is 14.0. The quantitative estimate of drug-likeness (QED) is 0.874. The first kappa shape index (κ1) is 14.5. The highest BCUT2D eigenvalue weighted by atomic mass is 19.1. The maximum Gasteiger partial charge on any atom is 0.146 e. The van der Waals surface area contributed by atoms with Crippen LogP contribution >= 0.6 is 0 Å². The Morgan fingerprint density at radius 2 is 2.11 bits per heavy atom. The van der Waals surface area contributed by atoms with Crippen LogP contribution in [0.3, 0.4) is 0 Å². The van der Waals surface area contributed by atoms with Crippen LogP contribution in [0.4, 0.5) is 10.1 Å². The summed E-state index contributed by atoms with van der Waals surface area (Å²) in [6, 6.07) is 6.81. The van der Waals surface area contributed by atoms with Gasteiger partial charge in [-0.2, -0.15) is 5.26 Å². The average Bonchev–Trinajstić information content (AvgIpc) is 2.35. The lowest BCUT2D eigenvalue weighted by Gasteiger charge is -2.28. The molecule has 98 valence electrons. The zero-order chi connectivity index (χ0) is 13.7. The minimum Gasteiger partial charge on any atom is -0.389 e. The lowest BCUT2D eigenvalue weighted by molar-refractivity contribution is 0.199. The number of nitrogens with zero attached hydrogens (tertiary/aromatic N) is 2. The summed E-state index contributed by atoms with van der Waals surface area (Å²) >= 11 is 0. The van der Waals surface area contributed by atoms with E-state index in [4.69, 9.17) is 5.26 Å². The topological polar surface area (TPSA) is 47.3 Å². The highest BCUT2D eigenvalue weighted by Gasteiger charge is 2.19. The van der Waals surface area contributed by atoms with E-state index in [-0.39, 0.29) is 11.7 Å². The smallest absolute Gasteiger partial charge is 0.146 e. The number of aliphatic hydroxyl groups excluding tert-OH is 1. The van der Waals surface area contributed by atoms with Crippen molar-refractivity contribution in [2.45, 2.75) is 26.9 Å². The van der Waals surface area contributed by atoms with E-state index >= 15 is 0 Å². The van der Waals surface area contributed by atoms with E-state index < -0.39 is 6.10 Å². The Morgan fingerprint density at radius 1 is 1.44 bits per heavy atom. The van der Waals surface area contributed by atoms with Gasteiger partial charge in [0.1, 0.15) is 5.82 Å². The molecule has 1 unspecified atom stereocenters. The van der Waals surface area contributed by atoms with Gasteiger partial charge in [-0.3, -0.25) is 0 Å². The molecule has 1 aromatic rings. The fraction of sp³-hybridized carbons (Fsp3) is 0.500. The van der Waals surface area contributed by atoms with Gasteiger partial charge in [0.15, 0.2) is 0 Å². The molecule has 3 nitrogen and oxygen atoms in total. The summed E-state index contributed by atoms with van der Waals surface area (Å²) in [5, 5.41) is 18.6. The SMILES string of the molecule is CCN(CC(C)C#N)c1c(F)cccc1[C@@H](C)O. The molecular formula is C14H19FN2O. The molecule has 0 amide bonds. The number of hydrogen-bond donors (Lipinski definition) is 1. The van der Waals surface area contributed by atoms with E-state index in [9.17, 15) is 9.50 Å². The highest BCUT2D eigenvalue weighted by Crippen LogP contribution is 2.29. The van der Waals surface area contributed by atoms with Gasteiger partial charge < -0.3 is 10.0 Å². The molecule has 0 aliphatic heterocycles. The number of halogens is 1. The second kappa shape index (κ2) is 6.36. The lowest BCUT2D eigenvalue weighted by Crippen LogP contribution is -2.29. The normalized spacial score (nSPS) is 13.8. The van der Waals surface area contributed by atoms with Crippen LogP contribution in [-0.4, -0.2) is 18.2 Å². The number of rotatable bonds is 5. The van der Waals surface area contributed by atoms with Gasteiger partial charge in [-0.15, -0.1) is 0 Å². The summed E-state index contributed by atoms with van der Waals surface area (Å²) in [6.45, 7) is 6.36. The van der Waals surface area contributed by atoms with Crippen LogP contribution in [0.25, 0.3) is 0 Å². The molecule has 0 spiro atoms. The molecule has 18 heavy (non-hydrogen) atoms. The fourth-order valence-electron chi connectivity index (χ4n) is 1.95. The Balaban J connectivity index is 3.16. The van der Waals surface area contributed by atoms with Crippen LogP contribution in [-0.2, 0) is 0 Å². The van der Waals surface area contributed by atoms with Crippen molar-refractivity contribution < 1.29 is 9.50 Å². The van der Waals surface area contributed by atoms with Crippen molar-refractivity contribution in [3.05, 3.63) is 29.6 Å². The van der Waals surface area contributed by atoms with Crippen molar-refractivity contribution in [1.29, 1.82) is 5.26 Å². The molecule has 0 saturated heterocycles.